The van der Waals surface area contributed by atoms with Gasteiger partial charge in [0.25, 0.3) is 0 Å². The Morgan fingerprint density at radius 3 is 3.00 bits per heavy atom. The van der Waals surface area contributed by atoms with Crippen molar-refractivity contribution in [1.29, 1.82) is 0 Å². The molecule has 0 aliphatic rings. The first-order valence-electron chi connectivity index (χ1n) is 4.71. The second kappa shape index (κ2) is 4.80. The maximum atomic E-state index is 5.61. The summed E-state index contributed by atoms with van der Waals surface area (Å²) in [6, 6.07) is 1.82. The van der Waals surface area contributed by atoms with Gasteiger partial charge in [-0.3, -0.25) is 0 Å². The van der Waals surface area contributed by atoms with E-state index in [1.165, 1.54) is 0 Å². The van der Waals surface area contributed by atoms with Crippen molar-refractivity contribution in [2.24, 2.45) is 0 Å². The zero-order chi connectivity index (χ0) is 11.5. The van der Waals surface area contributed by atoms with Crippen molar-refractivity contribution >= 4 is 38.8 Å². The van der Waals surface area contributed by atoms with Gasteiger partial charge in [-0.15, -0.1) is 11.3 Å². The Morgan fingerprint density at radius 2 is 2.38 bits per heavy atom. The standard InChI is InChI=1S/C10H11BrN4S/c1-6-5-16-9(15-6)4-14-10-8(11)2-7(12)3-13-10/h2-3,5H,4,12H2,1H3,(H,13,14). The Bertz CT molecular complexity index is 497. The van der Waals surface area contributed by atoms with Crippen LogP contribution in [0.15, 0.2) is 22.1 Å². The molecule has 0 aromatic carbocycles. The molecule has 0 saturated heterocycles. The van der Waals surface area contributed by atoms with E-state index in [1.54, 1.807) is 17.5 Å². The summed E-state index contributed by atoms with van der Waals surface area (Å²) in [6.45, 7) is 2.66. The maximum absolute atomic E-state index is 5.61. The number of thiazole rings is 1. The number of pyridine rings is 1. The molecule has 0 spiro atoms. The molecule has 2 aromatic heterocycles. The molecule has 84 valence electrons. The summed E-state index contributed by atoms with van der Waals surface area (Å²) in [5, 5.41) is 6.28. The molecule has 0 unspecified atom stereocenters. The molecule has 0 saturated carbocycles. The van der Waals surface area contributed by atoms with E-state index in [4.69, 9.17) is 5.73 Å². The lowest BCUT2D eigenvalue weighted by Crippen LogP contribution is -2.02. The number of nitrogen functional groups attached to an aromatic ring is 1. The maximum Gasteiger partial charge on any atom is 0.140 e. The molecular weight excluding hydrogens is 288 g/mol. The third kappa shape index (κ3) is 2.70. The monoisotopic (exact) mass is 298 g/mol. The number of aryl methyl sites for hydroxylation is 1. The molecule has 0 radical (unpaired) electrons. The highest BCUT2D eigenvalue weighted by molar-refractivity contribution is 9.10. The van der Waals surface area contributed by atoms with E-state index >= 15 is 0 Å². The number of aromatic nitrogens is 2. The van der Waals surface area contributed by atoms with Gasteiger partial charge in [0.1, 0.15) is 10.8 Å². The highest BCUT2D eigenvalue weighted by atomic mass is 79.9. The van der Waals surface area contributed by atoms with Crippen molar-refractivity contribution in [1.82, 2.24) is 9.97 Å². The molecule has 16 heavy (non-hydrogen) atoms. The van der Waals surface area contributed by atoms with Gasteiger partial charge in [0.2, 0.25) is 0 Å². The average molecular weight is 299 g/mol. The highest BCUT2D eigenvalue weighted by Gasteiger charge is 2.03. The molecule has 3 N–H and O–H groups in total. The molecule has 4 nitrogen and oxygen atoms in total. The number of rotatable bonds is 3. The van der Waals surface area contributed by atoms with Gasteiger partial charge in [-0.2, -0.15) is 0 Å². The van der Waals surface area contributed by atoms with Crippen LogP contribution in [0.2, 0.25) is 0 Å². The van der Waals surface area contributed by atoms with Crippen molar-refractivity contribution in [3.8, 4) is 0 Å². The van der Waals surface area contributed by atoms with Crippen LogP contribution in [0, 0.1) is 6.92 Å². The Hall–Kier alpha value is -1.14. The smallest absolute Gasteiger partial charge is 0.140 e. The summed E-state index contributed by atoms with van der Waals surface area (Å²) in [6.07, 6.45) is 1.63. The van der Waals surface area contributed by atoms with Crippen LogP contribution in [0.3, 0.4) is 0 Å². The van der Waals surface area contributed by atoms with Crippen molar-refractivity contribution in [2.45, 2.75) is 13.5 Å². The molecule has 0 bridgehead atoms. The summed E-state index contributed by atoms with van der Waals surface area (Å²) < 4.78 is 0.862. The van der Waals surface area contributed by atoms with E-state index in [9.17, 15) is 0 Å². The van der Waals surface area contributed by atoms with Gasteiger partial charge < -0.3 is 11.1 Å². The number of nitrogens with one attached hydrogen (secondary N) is 1. The SMILES string of the molecule is Cc1csc(CNc2ncc(N)cc2Br)n1. The van der Waals surface area contributed by atoms with Crippen molar-refractivity contribution in [3.63, 3.8) is 0 Å². The number of hydrogen-bond donors (Lipinski definition) is 2. The number of nitrogens with zero attached hydrogens (tertiary/aromatic N) is 2. The van der Waals surface area contributed by atoms with Crippen molar-refractivity contribution < 1.29 is 0 Å². The van der Waals surface area contributed by atoms with Crippen LogP contribution in [-0.2, 0) is 6.54 Å². The minimum atomic E-state index is 0.641. The molecule has 2 aromatic rings. The summed E-state index contributed by atoms with van der Waals surface area (Å²) in [4.78, 5) is 8.55. The molecule has 0 aliphatic carbocycles. The first kappa shape index (κ1) is 11.3. The van der Waals surface area contributed by atoms with Crippen LogP contribution in [-0.4, -0.2) is 9.97 Å². The number of halogens is 1. The van der Waals surface area contributed by atoms with E-state index in [0.717, 1.165) is 21.0 Å². The number of anilines is 2. The predicted octanol–water partition coefficient (Wildman–Crippen LogP) is 2.80. The van der Waals surface area contributed by atoms with E-state index < -0.39 is 0 Å². The fourth-order valence-corrected chi connectivity index (χ4v) is 2.44. The topological polar surface area (TPSA) is 63.8 Å². The third-order valence-electron chi connectivity index (χ3n) is 1.94. The van der Waals surface area contributed by atoms with Gasteiger partial charge in [-0.1, -0.05) is 0 Å². The van der Waals surface area contributed by atoms with Crippen molar-refractivity contribution in [3.05, 3.63) is 32.8 Å². The van der Waals surface area contributed by atoms with Gasteiger partial charge in [-0.25, -0.2) is 9.97 Å². The summed E-state index contributed by atoms with van der Waals surface area (Å²) >= 11 is 5.04. The van der Waals surface area contributed by atoms with Gasteiger partial charge >= 0.3 is 0 Å². The molecule has 2 rings (SSSR count). The van der Waals surface area contributed by atoms with Gasteiger partial charge in [0, 0.05) is 11.1 Å². The average Bonchev–Trinajstić information content (AvgIpc) is 2.63. The van der Waals surface area contributed by atoms with E-state index in [-0.39, 0.29) is 0 Å². The van der Waals surface area contributed by atoms with Gasteiger partial charge in [0.05, 0.1) is 22.9 Å². The third-order valence-corrected chi connectivity index (χ3v) is 3.51. The van der Waals surface area contributed by atoms with Crippen LogP contribution in [0.5, 0.6) is 0 Å². The van der Waals surface area contributed by atoms with Gasteiger partial charge in [0.15, 0.2) is 0 Å². The van der Waals surface area contributed by atoms with E-state index in [0.29, 0.717) is 12.2 Å². The van der Waals surface area contributed by atoms with E-state index in [1.807, 2.05) is 18.4 Å². The van der Waals surface area contributed by atoms with Crippen LogP contribution in [0.25, 0.3) is 0 Å². The predicted molar refractivity (Wildman–Crippen MR) is 70.5 cm³/mol. The summed E-state index contributed by atoms with van der Waals surface area (Å²) in [5.74, 6) is 0.780. The zero-order valence-corrected chi connectivity index (χ0v) is 11.1. The van der Waals surface area contributed by atoms with Crippen LogP contribution < -0.4 is 11.1 Å². The lowest BCUT2D eigenvalue weighted by Gasteiger charge is -2.05. The molecule has 2 heterocycles. The Balaban J connectivity index is 2.04. The van der Waals surface area contributed by atoms with E-state index in [2.05, 4.69) is 31.2 Å². The molecule has 0 atom stereocenters. The summed E-state index contributed by atoms with van der Waals surface area (Å²) in [7, 11) is 0. The first-order chi connectivity index (χ1) is 7.65. The fourth-order valence-electron chi connectivity index (χ4n) is 1.23. The minimum Gasteiger partial charge on any atom is -0.397 e. The largest absolute Gasteiger partial charge is 0.397 e. The lowest BCUT2D eigenvalue weighted by molar-refractivity contribution is 1.05. The molecule has 6 heteroatoms. The lowest BCUT2D eigenvalue weighted by atomic mass is 10.4. The second-order valence-electron chi connectivity index (χ2n) is 3.34. The van der Waals surface area contributed by atoms with Crippen LogP contribution in [0.1, 0.15) is 10.7 Å². The minimum absolute atomic E-state index is 0.641. The fraction of sp³-hybridized carbons (Fsp3) is 0.200. The molecular formula is C10H11BrN4S. The Labute approximate surface area is 106 Å². The second-order valence-corrected chi connectivity index (χ2v) is 5.13. The molecule has 0 aliphatic heterocycles. The summed E-state index contributed by atoms with van der Waals surface area (Å²) in [5.41, 5.74) is 7.30. The zero-order valence-electron chi connectivity index (χ0n) is 8.70. The first-order valence-corrected chi connectivity index (χ1v) is 6.38. The highest BCUT2D eigenvalue weighted by Crippen LogP contribution is 2.22. The van der Waals surface area contributed by atoms with Gasteiger partial charge in [-0.05, 0) is 28.9 Å². The quantitative estimate of drug-likeness (QED) is 0.914. The number of nitrogens with two attached hydrogens (primary N) is 1. The Morgan fingerprint density at radius 1 is 1.56 bits per heavy atom. The van der Waals surface area contributed by atoms with Crippen LogP contribution in [0.4, 0.5) is 11.5 Å². The molecule has 0 fully saturated rings. The normalized spacial score (nSPS) is 10.4. The van der Waals surface area contributed by atoms with Crippen molar-refractivity contribution in [2.75, 3.05) is 11.1 Å². The van der Waals surface area contributed by atoms with Crippen LogP contribution >= 0.6 is 27.3 Å². The number of hydrogen-bond acceptors (Lipinski definition) is 5. The Kier molecular flexibility index (Phi) is 3.40. The molecule has 0 amide bonds.